The van der Waals surface area contributed by atoms with Gasteiger partial charge in [-0.2, -0.15) is 0 Å². The Labute approximate surface area is 288 Å². The maximum Gasteiger partial charge on any atom is 0.252 e. The summed E-state index contributed by atoms with van der Waals surface area (Å²) >= 11 is 0. The van der Waals surface area contributed by atoms with Gasteiger partial charge in [0.1, 0.15) is 5.75 Å². The van der Waals surface area contributed by atoms with Crippen LogP contribution in [0.25, 0.3) is 17.2 Å². The van der Waals surface area contributed by atoms with Gasteiger partial charge < -0.3 is 19.9 Å². The van der Waals surface area contributed by atoms with Gasteiger partial charge in [0, 0.05) is 31.6 Å². The summed E-state index contributed by atoms with van der Waals surface area (Å²) in [5.41, 5.74) is 5.95. The highest BCUT2D eigenvalue weighted by molar-refractivity contribution is 6.01. The summed E-state index contributed by atoms with van der Waals surface area (Å²) in [6.45, 7) is 3.03. The van der Waals surface area contributed by atoms with Gasteiger partial charge in [0.2, 0.25) is 5.90 Å². The van der Waals surface area contributed by atoms with Gasteiger partial charge in [-0.25, -0.2) is 4.99 Å². The summed E-state index contributed by atoms with van der Waals surface area (Å²) in [6.07, 6.45) is 4.97. The Morgan fingerprint density at radius 2 is 1.49 bits per heavy atom. The average Bonchev–Trinajstić information content (AvgIpc) is 3.54. The normalized spacial score (nSPS) is 17.0. The van der Waals surface area contributed by atoms with Gasteiger partial charge in [0.25, 0.3) is 5.91 Å². The summed E-state index contributed by atoms with van der Waals surface area (Å²) in [4.78, 5) is 19.7. The maximum atomic E-state index is 14.5. The molecule has 0 aliphatic carbocycles. The molecular weight excluding hydrogens is 608 g/mol. The number of nitrogens with one attached hydrogen (secondary N) is 1. The van der Waals surface area contributed by atoms with E-state index in [9.17, 15) is 4.79 Å². The van der Waals surface area contributed by atoms with Crippen LogP contribution in [0.15, 0.2) is 145 Å². The third kappa shape index (κ3) is 8.34. The van der Waals surface area contributed by atoms with E-state index in [4.69, 9.17) is 19.6 Å². The molecule has 1 amide bonds. The smallest absolute Gasteiger partial charge is 0.252 e. The number of nitrogens with zero attached hydrogens (tertiary/aromatic N) is 1. The van der Waals surface area contributed by atoms with Crippen molar-refractivity contribution < 1.29 is 19.4 Å². The van der Waals surface area contributed by atoms with Gasteiger partial charge in [0.05, 0.1) is 6.61 Å². The third-order valence-electron chi connectivity index (χ3n) is 8.71. The van der Waals surface area contributed by atoms with Crippen molar-refractivity contribution in [1.29, 1.82) is 0 Å². The summed E-state index contributed by atoms with van der Waals surface area (Å²) in [7, 11) is 0. The predicted octanol–water partition coefficient (Wildman–Crippen LogP) is 8.14. The first-order valence-electron chi connectivity index (χ1n) is 16.9. The number of rotatable bonds is 14. The second-order valence-corrected chi connectivity index (χ2v) is 12.3. The predicted molar refractivity (Wildman–Crippen MR) is 197 cm³/mol. The van der Waals surface area contributed by atoms with Crippen molar-refractivity contribution in [2.24, 2.45) is 4.99 Å². The van der Waals surface area contributed by atoms with Crippen molar-refractivity contribution in [2.45, 2.75) is 37.8 Å². The minimum absolute atomic E-state index is 0.0737. The Morgan fingerprint density at radius 1 is 0.837 bits per heavy atom. The molecule has 1 aliphatic rings. The van der Waals surface area contributed by atoms with Crippen LogP contribution in [0.4, 0.5) is 0 Å². The summed E-state index contributed by atoms with van der Waals surface area (Å²) in [5, 5.41) is 12.3. The number of aliphatic imine (C=N–C) groups is 1. The fourth-order valence-electron chi connectivity index (χ4n) is 5.96. The van der Waals surface area contributed by atoms with Crippen molar-refractivity contribution in [3.63, 3.8) is 0 Å². The van der Waals surface area contributed by atoms with Crippen LogP contribution in [0.2, 0.25) is 0 Å². The summed E-state index contributed by atoms with van der Waals surface area (Å²) in [6, 6.07) is 44.4. The van der Waals surface area contributed by atoms with Crippen LogP contribution in [-0.4, -0.2) is 42.2 Å². The zero-order valence-electron chi connectivity index (χ0n) is 27.8. The fourth-order valence-corrected chi connectivity index (χ4v) is 5.96. The molecule has 5 aromatic carbocycles. The molecule has 6 rings (SSSR count). The number of aliphatic hydroxyl groups is 1. The third-order valence-corrected chi connectivity index (χ3v) is 8.71. The van der Waals surface area contributed by atoms with E-state index in [1.165, 1.54) is 5.56 Å². The maximum absolute atomic E-state index is 14.5. The van der Waals surface area contributed by atoms with Gasteiger partial charge >= 0.3 is 0 Å². The van der Waals surface area contributed by atoms with E-state index < -0.39 is 11.6 Å². The summed E-state index contributed by atoms with van der Waals surface area (Å²) in [5.74, 6) is 0.906. The van der Waals surface area contributed by atoms with E-state index in [0.29, 0.717) is 44.1 Å². The SMILES string of the molecule is Cc1ccc(CCNC(=O)[C@]2(C/C=C/c3ccccc3)N=C(c3ccc(OCCCO)cc3)O[C@@H]2c2ccc(-c3ccccc3)cc2)cc1. The van der Waals surface area contributed by atoms with E-state index in [-0.39, 0.29) is 12.5 Å². The van der Waals surface area contributed by atoms with Gasteiger partial charge in [-0.15, -0.1) is 0 Å². The van der Waals surface area contributed by atoms with E-state index >= 15 is 0 Å². The van der Waals surface area contributed by atoms with Crippen LogP contribution in [0, 0.1) is 6.92 Å². The van der Waals surface area contributed by atoms with Gasteiger partial charge in [-0.05, 0) is 65.4 Å². The largest absolute Gasteiger partial charge is 0.494 e. The van der Waals surface area contributed by atoms with Crippen molar-refractivity contribution in [3.05, 3.63) is 167 Å². The van der Waals surface area contributed by atoms with E-state index in [0.717, 1.165) is 33.4 Å². The van der Waals surface area contributed by atoms with E-state index in [1.54, 1.807) is 0 Å². The Balaban J connectivity index is 1.35. The highest BCUT2D eigenvalue weighted by Gasteiger charge is 2.52. The highest BCUT2D eigenvalue weighted by Crippen LogP contribution is 2.43. The first kappa shape index (κ1) is 33.4. The second kappa shape index (κ2) is 16.1. The van der Waals surface area contributed by atoms with Crippen molar-refractivity contribution in [1.82, 2.24) is 5.32 Å². The zero-order chi connectivity index (χ0) is 33.9. The van der Waals surface area contributed by atoms with Crippen LogP contribution in [0.3, 0.4) is 0 Å². The molecular formula is C43H42N2O4. The molecule has 5 aromatic rings. The standard InChI is InChI=1S/C43H42N2O4/c1-32-15-17-34(18-16-32)27-29-44-42(47)43(28-8-12-33-10-4-2-5-11-33)40(37-21-19-36(20-22-37)35-13-6-3-7-14-35)49-41(45-43)38-23-25-39(26-24-38)48-31-9-30-46/h2-8,10-26,40,46H,9,27-31H2,1H3,(H,44,47)/b12-8+/t40-,43-/m1/s1. The van der Waals surface area contributed by atoms with Crippen LogP contribution in [-0.2, 0) is 16.0 Å². The van der Waals surface area contributed by atoms with Crippen molar-refractivity contribution in [3.8, 4) is 16.9 Å². The lowest BCUT2D eigenvalue weighted by atomic mass is 9.83. The van der Waals surface area contributed by atoms with Gasteiger partial charge in [-0.1, -0.05) is 127 Å². The topological polar surface area (TPSA) is 80.2 Å². The summed E-state index contributed by atoms with van der Waals surface area (Å²) < 4.78 is 12.5. The molecule has 0 saturated heterocycles. The lowest BCUT2D eigenvalue weighted by Crippen LogP contribution is -2.48. The Morgan fingerprint density at radius 3 is 2.18 bits per heavy atom. The molecule has 0 radical (unpaired) electrons. The number of hydrogen-bond donors (Lipinski definition) is 2. The fraction of sp³-hybridized carbons (Fsp3) is 0.209. The first-order chi connectivity index (χ1) is 24.0. The number of carbonyl (C=O) groups excluding carboxylic acids is 1. The molecule has 0 spiro atoms. The Kier molecular flexibility index (Phi) is 11.0. The number of carbonyl (C=O) groups is 1. The second-order valence-electron chi connectivity index (χ2n) is 12.3. The number of ether oxygens (including phenoxy) is 2. The molecule has 1 heterocycles. The van der Waals surface area contributed by atoms with Crippen LogP contribution >= 0.6 is 0 Å². The molecule has 0 aromatic heterocycles. The molecule has 49 heavy (non-hydrogen) atoms. The number of amides is 1. The molecule has 6 nitrogen and oxygen atoms in total. The lowest BCUT2D eigenvalue weighted by Gasteiger charge is -2.30. The molecule has 0 unspecified atom stereocenters. The molecule has 6 heteroatoms. The van der Waals surface area contributed by atoms with Crippen molar-refractivity contribution in [2.75, 3.05) is 19.8 Å². The van der Waals surface area contributed by atoms with Crippen LogP contribution < -0.4 is 10.1 Å². The average molecular weight is 651 g/mol. The molecule has 2 atom stereocenters. The first-order valence-corrected chi connectivity index (χ1v) is 16.9. The zero-order valence-corrected chi connectivity index (χ0v) is 27.8. The number of aryl methyl sites for hydroxylation is 1. The quantitative estimate of drug-likeness (QED) is 0.119. The molecule has 248 valence electrons. The molecule has 0 saturated carbocycles. The van der Waals surface area contributed by atoms with E-state index in [1.807, 2.05) is 97.1 Å². The van der Waals surface area contributed by atoms with Gasteiger partial charge in [0.15, 0.2) is 11.6 Å². The van der Waals surface area contributed by atoms with Crippen LogP contribution in [0.1, 0.15) is 46.8 Å². The van der Waals surface area contributed by atoms with Crippen LogP contribution in [0.5, 0.6) is 5.75 Å². The Hall–Kier alpha value is -5.46. The molecule has 2 N–H and O–H groups in total. The number of benzene rings is 5. The van der Waals surface area contributed by atoms with Crippen molar-refractivity contribution >= 4 is 17.9 Å². The minimum atomic E-state index is -1.27. The van der Waals surface area contributed by atoms with Gasteiger partial charge in [-0.3, -0.25) is 4.79 Å². The molecule has 1 aliphatic heterocycles. The number of aliphatic hydroxyl groups excluding tert-OH is 1. The van der Waals surface area contributed by atoms with E-state index in [2.05, 4.69) is 60.8 Å². The minimum Gasteiger partial charge on any atom is -0.494 e. The Bertz CT molecular complexity index is 1850. The lowest BCUT2D eigenvalue weighted by molar-refractivity contribution is -0.128. The molecule has 0 fully saturated rings. The molecule has 0 bridgehead atoms. The number of hydrogen-bond acceptors (Lipinski definition) is 5. The highest BCUT2D eigenvalue weighted by atomic mass is 16.5. The monoisotopic (exact) mass is 650 g/mol.